The first-order valence-corrected chi connectivity index (χ1v) is 14.1. The molecule has 1 aliphatic rings. The summed E-state index contributed by atoms with van der Waals surface area (Å²) in [5, 5.41) is 23.5. The van der Waals surface area contributed by atoms with E-state index >= 15 is 0 Å². The molecule has 2 amide bonds. The lowest BCUT2D eigenvalue weighted by atomic mass is 9.99. The number of nitrogens with zero attached hydrogens (tertiary/aromatic N) is 2. The van der Waals surface area contributed by atoms with Crippen LogP contribution < -0.4 is 20.3 Å². The summed E-state index contributed by atoms with van der Waals surface area (Å²) in [4.78, 5) is 30.8. The van der Waals surface area contributed by atoms with Crippen LogP contribution in [0.15, 0.2) is 47.5 Å². The van der Waals surface area contributed by atoms with Crippen LogP contribution in [0.5, 0.6) is 5.75 Å². The predicted octanol–water partition coefficient (Wildman–Crippen LogP) is 5.55. The third-order valence-electron chi connectivity index (χ3n) is 6.02. The van der Waals surface area contributed by atoms with Crippen molar-refractivity contribution in [2.45, 2.75) is 65.5 Å². The van der Waals surface area contributed by atoms with E-state index in [1.165, 1.54) is 4.90 Å². The number of unbranched alkanes of at least 4 members (excludes halogenated alkanes) is 1. The first-order chi connectivity index (χ1) is 19.4. The minimum atomic E-state index is -0.804. The van der Waals surface area contributed by atoms with Crippen molar-refractivity contribution in [3.63, 3.8) is 0 Å². The number of hydrogen-bond donors (Lipinski definition) is 4. The van der Waals surface area contributed by atoms with E-state index in [4.69, 9.17) is 36.9 Å². The number of carbonyl (C=O) groups excluding carboxylic acids is 2. The molecule has 220 valence electrons. The number of hydrogen-bond acceptors (Lipinski definition) is 7. The summed E-state index contributed by atoms with van der Waals surface area (Å²) < 4.78 is 11.3. The van der Waals surface area contributed by atoms with E-state index in [9.17, 15) is 9.59 Å². The Labute approximate surface area is 246 Å². The highest BCUT2D eigenvalue weighted by Gasteiger charge is 2.32. The number of ether oxygens (including phenoxy) is 2. The molecule has 0 fully saturated rings. The standard InChI is InChI=1S/C30H39ClN6O4/c1-6-34-26(38)18-24-28(33)37(19(2)32)25-14-13-22(40-16-8-7-15-35-29(39)41-30(3,4)5)17-23(25)27(36-24)20-9-11-21(31)12-10-20/h9-14,17,24,32-33H,6-8,15-16,18H2,1-5H3,(H,34,38)(H,35,39)/t24-/m0/s1. The van der Waals surface area contributed by atoms with Crippen LogP contribution in [-0.2, 0) is 9.53 Å². The maximum Gasteiger partial charge on any atom is 0.407 e. The van der Waals surface area contributed by atoms with Gasteiger partial charge in [0, 0.05) is 29.2 Å². The zero-order valence-corrected chi connectivity index (χ0v) is 25.0. The number of aliphatic imine (C=N–C) groups is 1. The molecule has 0 aliphatic carbocycles. The van der Waals surface area contributed by atoms with Gasteiger partial charge in [0.25, 0.3) is 0 Å². The van der Waals surface area contributed by atoms with E-state index in [1.54, 1.807) is 31.2 Å². The molecule has 3 rings (SSSR count). The van der Waals surface area contributed by atoms with Crippen LogP contribution in [0.25, 0.3) is 0 Å². The zero-order valence-electron chi connectivity index (χ0n) is 24.3. The molecule has 4 N–H and O–H groups in total. The van der Waals surface area contributed by atoms with Crippen molar-refractivity contribution < 1.29 is 19.1 Å². The summed E-state index contributed by atoms with van der Waals surface area (Å²) in [6.45, 7) is 10.3. The highest BCUT2D eigenvalue weighted by atomic mass is 35.5. The van der Waals surface area contributed by atoms with Crippen molar-refractivity contribution in [1.82, 2.24) is 10.6 Å². The summed E-state index contributed by atoms with van der Waals surface area (Å²) in [5.41, 5.74) is 2.07. The Kier molecular flexibility index (Phi) is 10.9. The van der Waals surface area contributed by atoms with Gasteiger partial charge in [-0.1, -0.05) is 23.7 Å². The first kappa shape index (κ1) is 31.6. The average Bonchev–Trinajstić information content (AvgIpc) is 3.00. The molecule has 0 radical (unpaired) electrons. The van der Waals surface area contributed by atoms with Crippen molar-refractivity contribution in [1.29, 1.82) is 10.8 Å². The summed E-state index contributed by atoms with van der Waals surface area (Å²) in [6, 6.07) is 11.9. The van der Waals surface area contributed by atoms with Crippen LogP contribution in [0.4, 0.5) is 10.5 Å². The molecule has 11 heteroatoms. The van der Waals surface area contributed by atoms with E-state index in [1.807, 2.05) is 45.9 Å². The van der Waals surface area contributed by atoms with Gasteiger partial charge in [-0.25, -0.2) is 4.79 Å². The number of amidine groups is 2. The maximum absolute atomic E-state index is 12.5. The summed E-state index contributed by atoms with van der Waals surface area (Å²) in [7, 11) is 0. The molecular weight excluding hydrogens is 544 g/mol. The Balaban J connectivity index is 1.85. The molecule has 1 atom stereocenters. The minimum absolute atomic E-state index is 0.0256. The van der Waals surface area contributed by atoms with Crippen LogP contribution in [0.3, 0.4) is 0 Å². The summed E-state index contributed by atoms with van der Waals surface area (Å²) in [5.74, 6) is 0.554. The van der Waals surface area contributed by atoms with Crippen molar-refractivity contribution in [3.05, 3.63) is 58.6 Å². The Bertz CT molecular complexity index is 1300. The van der Waals surface area contributed by atoms with Crippen LogP contribution in [-0.4, -0.2) is 60.7 Å². The lowest BCUT2D eigenvalue weighted by molar-refractivity contribution is -0.121. The monoisotopic (exact) mass is 582 g/mol. The second-order valence-electron chi connectivity index (χ2n) is 10.6. The van der Waals surface area contributed by atoms with Gasteiger partial charge in [-0.15, -0.1) is 0 Å². The smallest absolute Gasteiger partial charge is 0.407 e. The molecule has 0 saturated carbocycles. The van der Waals surface area contributed by atoms with E-state index in [0.29, 0.717) is 60.3 Å². The highest BCUT2D eigenvalue weighted by molar-refractivity contribution is 6.31. The molecule has 0 spiro atoms. The SMILES string of the molecule is CCNC(=O)C[C@@H]1N=C(c2ccc(Cl)cc2)c2cc(OCCCCNC(=O)OC(C)(C)C)ccc2N(C(C)=N)C1=N. The van der Waals surface area contributed by atoms with Gasteiger partial charge < -0.3 is 20.1 Å². The number of rotatable bonds is 10. The molecule has 2 aromatic rings. The number of fused-ring (bicyclic) bond motifs is 1. The van der Waals surface area contributed by atoms with Crippen molar-refractivity contribution in [3.8, 4) is 5.75 Å². The topological polar surface area (TPSA) is 140 Å². The predicted molar refractivity (Wildman–Crippen MR) is 163 cm³/mol. The second-order valence-corrected chi connectivity index (χ2v) is 11.1. The van der Waals surface area contributed by atoms with Crippen molar-refractivity contribution >= 4 is 46.7 Å². The zero-order chi connectivity index (χ0) is 30.2. The third-order valence-corrected chi connectivity index (χ3v) is 6.27. The van der Waals surface area contributed by atoms with Gasteiger partial charge in [0.1, 0.15) is 29.1 Å². The summed E-state index contributed by atoms with van der Waals surface area (Å²) in [6.07, 6.45) is 0.944. The van der Waals surface area contributed by atoms with E-state index in [-0.39, 0.29) is 24.0 Å². The number of benzodiazepines with no additional fused rings is 1. The van der Waals surface area contributed by atoms with Crippen LogP contribution >= 0.6 is 11.6 Å². The van der Waals surface area contributed by atoms with E-state index in [0.717, 1.165) is 5.56 Å². The third kappa shape index (κ3) is 9.04. The lowest BCUT2D eigenvalue weighted by Gasteiger charge is -2.26. The first-order valence-electron chi connectivity index (χ1n) is 13.7. The van der Waals surface area contributed by atoms with E-state index < -0.39 is 17.7 Å². The number of nitrogens with one attached hydrogen (secondary N) is 4. The molecule has 2 aromatic carbocycles. The number of halogens is 1. The molecule has 41 heavy (non-hydrogen) atoms. The molecule has 0 aromatic heterocycles. The fourth-order valence-corrected chi connectivity index (χ4v) is 4.39. The van der Waals surface area contributed by atoms with Gasteiger partial charge in [0.15, 0.2) is 0 Å². The number of benzene rings is 2. The largest absolute Gasteiger partial charge is 0.494 e. The average molecular weight is 583 g/mol. The fourth-order valence-electron chi connectivity index (χ4n) is 4.26. The van der Waals surface area contributed by atoms with Gasteiger partial charge in [-0.2, -0.15) is 0 Å². The van der Waals surface area contributed by atoms with Gasteiger partial charge >= 0.3 is 6.09 Å². The Morgan fingerprint density at radius 3 is 2.44 bits per heavy atom. The van der Waals surface area contributed by atoms with E-state index in [2.05, 4.69) is 10.6 Å². The van der Waals surface area contributed by atoms with Gasteiger partial charge in [-0.05, 0) is 77.8 Å². The van der Waals surface area contributed by atoms with Gasteiger partial charge in [0.2, 0.25) is 5.91 Å². The lowest BCUT2D eigenvalue weighted by Crippen LogP contribution is -2.42. The molecule has 1 heterocycles. The van der Waals surface area contributed by atoms with Gasteiger partial charge in [-0.3, -0.25) is 25.5 Å². The molecule has 0 bridgehead atoms. The fraction of sp³-hybridized carbons (Fsp3) is 0.433. The van der Waals surface area contributed by atoms with Gasteiger partial charge in [0.05, 0.1) is 24.4 Å². The van der Waals surface area contributed by atoms with Crippen molar-refractivity contribution in [2.75, 3.05) is 24.6 Å². The molecule has 1 aliphatic heterocycles. The number of anilines is 1. The maximum atomic E-state index is 12.5. The van der Waals surface area contributed by atoms with Crippen LogP contribution in [0, 0.1) is 10.8 Å². The minimum Gasteiger partial charge on any atom is -0.494 e. The van der Waals surface area contributed by atoms with Crippen molar-refractivity contribution in [2.24, 2.45) is 4.99 Å². The molecule has 0 saturated heterocycles. The quantitative estimate of drug-likeness (QED) is 0.165. The van der Waals surface area contributed by atoms with Crippen LogP contribution in [0.1, 0.15) is 65.0 Å². The molecule has 0 unspecified atom stereocenters. The second kappa shape index (κ2) is 14.1. The van der Waals surface area contributed by atoms with Crippen LogP contribution in [0.2, 0.25) is 5.02 Å². The number of carbonyl (C=O) groups is 2. The molecule has 10 nitrogen and oxygen atoms in total. The number of alkyl carbamates (subject to hydrolysis) is 1. The Morgan fingerprint density at radius 2 is 1.80 bits per heavy atom. The Morgan fingerprint density at radius 1 is 1.10 bits per heavy atom. The molecular formula is C30H39ClN6O4. The number of amides is 2. The normalized spacial score (nSPS) is 14.9. The Hall–Kier alpha value is -3.92. The highest BCUT2D eigenvalue weighted by Crippen LogP contribution is 2.33. The summed E-state index contributed by atoms with van der Waals surface area (Å²) >= 11 is 6.15.